The lowest BCUT2D eigenvalue weighted by Gasteiger charge is -2.23. The minimum atomic E-state index is -3.75. The second-order valence-electron chi connectivity index (χ2n) is 7.81. The number of nitrogens with zero attached hydrogens (tertiary/aromatic N) is 3. The summed E-state index contributed by atoms with van der Waals surface area (Å²) in [5.74, 6) is -0.138. The normalized spacial score (nSPS) is 17.0. The summed E-state index contributed by atoms with van der Waals surface area (Å²) in [6.07, 6.45) is 3.91. The van der Waals surface area contributed by atoms with Crippen LogP contribution in [0.1, 0.15) is 38.5 Å². The molecule has 0 aliphatic carbocycles. The van der Waals surface area contributed by atoms with Crippen molar-refractivity contribution in [2.45, 2.75) is 43.4 Å². The van der Waals surface area contributed by atoms with Gasteiger partial charge >= 0.3 is 0 Å². The van der Waals surface area contributed by atoms with Crippen molar-refractivity contribution in [2.75, 3.05) is 16.9 Å². The zero-order chi connectivity index (χ0) is 23.3. The lowest BCUT2D eigenvalue weighted by Crippen LogP contribution is -2.36. The molecule has 0 unspecified atom stereocenters. The minimum Gasteiger partial charge on any atom is -0.321 e. The summed E-state index contributed by atoms with van der Waals surface area (Å²) >= 11 is 0. The Labute approximate surface area is 192 Å². The molecule has 10 heteroatoms. The van der Waals surface area contributed by atoms with Crippen LogP contribution in [0.15, 0.2) is 69.6 Å². The van der Waals surface area contributed by atoms with Crippen molar-refractivity contribution in [3.05, 3.63) is 54.6 Å². The van der Waals surface area contributed by atoms with Gasteiger partial charge in [0.2, 0.25) is 5.91 Å². The van der Waals surface area contributed by atoms with Gasteiger partial charge in [0.25, 0.3) is 15.9 Å². The van der Waals surface area contributed by atoms with Gasteiger partial charge in [-0.05, 0) is 49.2 Å². The first-order valence-corrected chi connectivity index (χ1v) is 12.3. The standard InChI is InChI=1S/C23H25N5O4S/c29-22-15-14-20(26-28(22)18-7-3-1-4-8-18)23(30)25-17-10-12-19(13-11-17)33(31,32)27-21-9-5-2-6-16-24-21/h1,3-4,7-8,10-13H,2,5-6,9,14-16H2,(H,24,27)(H,25,30). The third kappa shape index (κ3) is 5.64. The number of amides is 2. The molecule has 0 spiro atoms. The molecular weight excluding hydrogens is 442 g/mol. The molecule has 33 heavy (non-hydrogen) atoms. The SMILES string of the molecule is O=C(Nc1ccc(S(=O)(=O)NC2=NCCCCC2)cc1)C1=NN(c2ccccc2)C(=O)CC1. The maximum atomic E-state index is 12.7. The summed E-state index contributed by atoms with van der Waals surface area (Å²) in [4.78, 5) is 29.3. The lowest BCUT2D eigenvalue weighted by atomic mass is 10.1. The molecule has 2 heterocycles. The number of para-hydroxylation sites is 1. The number of aliphatic imine (C=N–C) groups is 1. The summed E-state index contributed by atoms with van der Waals surface area (Å²) < 4.78 is 27.9. The number of rotatable bonds is 5. The molecule has 0 aromatic heterocycles. The van der Waals surface area contributed by atoms with Crippen LogP contribution >= 0.6 is 0 Å². The molecule has 2 aliphatic rings. The van der Waals surface area contributed by atoms with E-state index in [0.717, 1.165) is 19.3 Å². The maximum absolute atomic E-state index is 12.7. The monoisotopic (exact) mass is 467 g/mol. The Morgan fingerprint density at radius 2 is 1.67 bits per heavy atom. The topological polar surface area (TPSA) is 120 Å². The molecule has 0 radical (unpaired) electrons. The van der Waals surface area contributed by atoms with Crippen molar-refractivity contribution < 1.29 is 18.0 Å². The maximum Gasteiger partial charge on any atom is 0.271 e. The number of sulfonamides is 1. The molecular formula is C23H25N5O4S. The average molecular weight is 468 g/mol. The highest BCUT2D eigenvalue weighted by molar-refractivity contribution is 7.90. The minimum absolute atomic E-state index is 0.0864. The Morgan fingerprint density at radius 1 is 0.909 bits per heavy atom. The zero-order valence-electron chi connectivity index (χ0n) is 18.0. The molecule has 2 aromatic rings. The molecule has 2 N–H and O–H groups in total. The van der Waals surface area contributed by atoms with Gasteiger partial charge in [-0.25, -0.2) is 13.4 Å². The highest BCUT2D eigenvalue weighted by Gasteiger charge is 2.25. The van der Waals surface area contributed by atoms with E-state index in [2.05, 4.69) is 20.1 Å². The molecule has 0 saturated heterocycles. The third-order valence-corrected chi connectivity index (χ3v) is 6.74. The van der Waals surface area contributed by atoms with Crippen LogP contribution in [0.4, 0.5) is 11.4 Å². The summed E-state index contributed by atoms with van der Waals surface area (Å²) in [6.45, 7) is 0.625. The van der Waals surface area contributed by atoms with Crippen molar-refractivity contribution in [1.29, 1.82) is 0 Å². The quantitative estimate of drug-likeness (QED) is 0.702. The first-order chi connectivity index (χ1) is 15.9. The van der Waals surface area contributed by atoms with Gasteiger partial charge in [0.05, 0.1) is 10.6 Å². The Kier molecular flexibility index (Phi) is 6.83. The van der Waals surface area contributed by atoms with E-state index in [1.165, 1.54) is 29.3 Å². The number of hydrazone groups is 1. The van der Waals surface area contributed by atoms with Crippen LogP contribution in [0, 0.1) is 0 Å². The lowest BCUT2D eigenvalue weighted by molar-refractivity contribution is -0.118. The van der Waals surface area contributed by atoms with Gasteiger partial charge in [-0.2, -0.15) is 5.10 Å². The van der Waals surface area contributed by atoms with Crippen LogP contribution in [-0.4, -0.2) is 38.3 Å². The molecule has 4 rings (SSSR count). The number of hydrogen-bond acceptors (Lipinski definition) is 6. The largest absolute Gasteiger partial charge is 0.321 e. The molecule has 2 aromatic carbocycles. The zero-order valence-corrected chi connectivity index (χ0v) is 18.8. The van der Waals surface area contributed by atoms with Gasteiger partial charge < -0.3 is 5.32 Å². The second-order valence-corrected chi connectivity index (χ2v) is 9.49. The van der Waals surface area contributed by atoms with Gasteiger partial charge in [0.1, 0.15) is 11.5 Å². The van der Waals surface area contributed by atoms with Crippen LogP contribution < -0.4 is 15.0 Å². The average Bonchev–Trinajstić information content (AvgIpc) is 3.08. The fourth-order valence-electron chi connectivity index (χ4n) is 3.58. The van der Waals surface area contributed by atoms with E-state index in [1.54, 1.807) is 24.3 Å². The van der Waals surface area contributed by atoms with Gasteiger partial charge in [-0.3, -0.25) is 19.3 Å². The number of nitrogens with one attached hydrogen (secondary N) is 2. The number of benzene rings is 2. The Hall–Kier alpha value is -3.53. The molecule has 2 aliphatic heterocycles. The predicted octanol–water partition coefficient (Wildman–Crippen LogP) is 3.06. The molecule has 0 atom stereocenters. The highest BCUT2D eigenvalue weighted by Crippen LogP contribution is 2.21. The van der Waals surface area contributed by atoms with Gasteiger partial charge in [0.15, 0.2) is 0 Å². The Bertz CT molecular complexity index is 1190. The van der Waals surface area contributed by atoms with Crippen molar-refractivity contribution in [1.82, 2.24) is 4.72 Å². The van der Waals surface area contributed by atoms with Crippen LogP contribution in [-0.2, 0) is 19.6 Å². The van der Waals surface area contributed by atoms with E-state index in [0.29, 0.717) is 30.2 Å². The number of anilines is 2. The predicted molar refractivity (Wildman–Crippen MR) is 127 cm³/mol. The van der Waals surface area contributed by atoms with Crippen LogP contribution in [0.2, 0.25) is 0 Å². The van der Waals surface area contributed by atoms with Crippen LogP contribution in [0.5, 0.6) is 0 Å². The summed E-state index contributed by atoms with van der Waals surface area (Å²) in [7, 11) is -3.75. The van der Waals surface area contributed by atoms with Crippen molar-refractivity contribution >= 4 is 44.8 Å². The van der Waals surface area contributed by atoms with E-state index in [-0.39, 0.29) is 29.4 Å². The second kappa shape index (κ2) is 9.95. The molecule has 0 fully saturated rings. The fraction of sp³-hybridized carbons (Fsp3) is 0.304. The first-order valence-electron chi connectivity index (χ1n) is 10.9. The number of carbonyl (C=O) groups excluding carboxylic acids is 2. The highest BCUT2D eigenvalue weighted by atomic mass is 32.2. The van der Waals surface area contributed by atoms with Crippen LogP contribution in [0.25, 0.3) is 0 Å². The molecule has 172 valence electrons. The van der Waals surface area contributed by atoms with Crippen molar-refractivity contribution in [3.8, 4) is 0 Å². The molecule has 2 amide bonds. The number of carbonyl (C=O) groups is 2. The van der Waals surface area contributed by atoms with E-state index < -0.39 is 15.9 Å². The van der Waals surface area contributed by atoms with Crippen LogP contribution in [0.3, 0.4) is 0 Å². The molecule has 0 bridgehead atoms. The van der Waals surface area contributed by atoms with E-state index >= 15 is 0 Å². The van der Waals surface area contributed by atoms with E-state index in [9.17, 15) is 18.0 Å². The molecule has 9 nitrogen and oxygen atoms in total. The number of hydrogen-bond donors (Lipinski definition) is 2. The van der Waals surface area contributed by atoms with Gasteiger partial charge in [-0.1, -0.05) is 24.6 Å². The Morgan fingerprint density at radius 3 is 2.42 bits per heavy atom. The summed E-state index contributed by atoms with van der Waals surface area (Å²) in [6, 6.07) is 14.8. The fourth-order valence-corrected chi connectivity index (χ4v) is 4.67. The first kappa shape index (κ1) is 22.7. The van der Waals surface area contributed by atoms with Gasteiger partial charge in [0, 0.05) is 31.5 Å². The molecule has 0 saturated carbocycles. The third-order valence-electron chi connectivity index (χ3n) is 5.34. The summed E-state index contributed by atoms with van der Waals surface area (Å²) in [5, 5.41) is 8.18. The van der Waals surface area contributed by atoms with Crippen molar-refractivity contribution in [3.63, 3.8) is 0 Å². The van der Waals surface area contributed by atoms with E-state index in [4.69, 9.17) is 0 Å². The van der Waals surface area contributed by atoms with Gasteiger partial charge in [-0.15, -0.1) is 0 Å². The number of amidine groups is 1. The summed E-state index contributed by atoms with van der Waals surface area (Å²) in [5.41, 5.74) is 1.24. The van der Waals surface area contributed by atoms with Crippen molar-refractivity contribution in [2.24, 2.45) is 10.1 Å². The smallest absolute Gasteiger partial charge is 0.271 e. The van der Waals surface area contributed by atoms with E-state index in [1.807, 2.05) is 6.07 Å². The Balaban J connectivity index is 1.43.